The first-order valence-corrected chi connectivity index (χ1v) is 8.53. The van der Waals surface area contributed by atoms with Gasteiger partial charge in [-0.2, -0.15) is 0 Å². The molecule has 0 aromatic carbocycles. The van der Waals surface area contributed by atoms with Crippen molar-refractivity contribution in [3.8, 4) is 0 Å². The molecule has 2 unspecified atom stereocenters. The fourth-order valence-corrected chi connectivity index (χ4v) is 4.70. The lowest BCUT2D eigenvalue weighted by Gasteiger charge is -2.23. The third-order valence-electron chi connectivity index (χ3n) is 4.06. The number of hydrogen-bond donors (Lipinski definition) is 1. The molecule has 5 heteroatoms. The first kappa shape index (κ1) is 13.3. The van der Waals surface area contributed by atoms with Crippen LogP contribution in [0.15, 0.2) is 0 Å². The van der Waals surface area contributed by atoms with Gasteiger partial charge in [0.15, 0.2) is 9.84 Å². The summed E-state index contributed by atoms with van der Waals surface area (Å²) < 4.78 is 22.8. The molecule has 100 valence electrons. The highest BCUT2D eigenvalue weighted by Gasteiger charge is 2.30. The van der Waals surface area contributed by atoms with Crippen LogP contribution >= 0.6 is 0 Å². The van der Waals surface area contributed by atoms with E-state index in [1.165, 1.54) is 32.2 Å². The van der Waals surface area contributed by atoms with Crippen LogP contribution in [-0.4, -0.2) is 57.0 Å². The van der Waals surface area contributed by atoms with E-state index in [2.05, 4.69) is 17.3 Å². The lowest BCUT2D eigenvalue weighted by Crippen LogP contribution is -2.34. The molecule has 0 saturated carbocycles. The second-order valence-corrected chi connectivity index (χ2v) is 7.70. The Labute approximate surface area is 105 Å². The van der Waals surface area contributed by atoms with E-state index in [1.807, 2.05) is 0 Å². The zero-order valence-electron chi connectivity index (χ0n) is 10.7. The average Bonchev–Trinajstić information content (AvgIpc) is 2.87. The van der Waals surface area contributed by atoms with Gasteiger partial charge < -0.3 is 10.2 Å². The Balaban J connectivity index is 1.65. The van der Waals surface area contributed by atoms with Gasteiger partial charge in [0.2, 0.25) is 0 Å². The quantitative estimate of drug-likeness (QED) is 0.788. The van der Waals surface area contributed by atoms with E-state index >= 15 is 0 Å². The molecule has 0 amide bonds. The molecule has 0 bridgehead atoms. The number of nitrogens with one attached hydrogen (secondary N) is 1. The van der Waals surface area contributed by atoms with Gasteiger partial charge >= 0.3 is 0 Å². The molecule has 1 N–H and O–H groups in total. The highest BCUT2D eigenvalue weighted by Crippen LogP contribution is 2.17. The number of rotatable bonds is 5. The van der Waals surface area contributed by atoms with Crippen molar-refractivity contribution in [3.63, 3.8) is 0 Å². The van der Waals surface area contributed by atoms with Crippen molar-refractivity contribution in [2.45, 2.75) is 44.2 Å². The Hall–Kier alpha value is -0.130. The summed E-state index contributed by atoms with van der Waals surface area (Å²) in [6.07, 6.45) is 5.83. The molecule has 0 spiro atoms. The molecule has 2 rings (SSSR count). The SMILES string of the molecule is CN(CCCC1CCCN1)C1CCS(=O)(=O)C1. The summed E-state index contributed by atoms with van der Waals surface area (Å²) >= 11 is 0. The fraction of sp³-hybridized carbons (Fsp3) is 1.00. The van der Waals surface area contributed by atoms with Gasteiger partial charge in [-0.1, -0.05) is 0 Å². The van der Waals surface area contributed by atoms with Crippen LogP contribution in [0.1, 0.15) is 32.1 Å². The van der Waals surface area contributed by atoms with E-state index in [-0.39, 0.29) is 6.04 Å². The highest BCUT2D eigenvalue weighted by molar-refractivity contribution is 7.91. The first-order chi connectivity index (χ1) is 8.07. The lowest BCUT2D eigenvalue weighted by molar-refractivity contribution is 0.253. The molecule has 2 atom stereocenters. The maximum absolute atomic E-state index is 11.4. The van der Waals surface area contributed by atoms with E-state index in [1.54, 1.807) is 0 Å². The predicted molar refractivity (Wildman–Crippen MR) is 69.9 cm³/mol. The summed E-state index contributed by atoms with van der Waals surface area (Å²) in [6.45, 7) is 2.19. The average molecular weight is 260 g/mol. The second kappa shape index (κ2) is 5.67. The monoisotopic (exact) mass is 260 g/mol. The van der Waals surface area contributed by atoms with E-state index in [0.29, 0.717) is 17.5 Å². The predicted octanol–water partition coefficient (Wildman–Crippen LogP) is 0.638. The van der Waals surface area contributed by atoms with Crippen molar-refractivity contribution in [2.75, 3.05) is 31.6 Å². The fourth-order valence-electron chi connectivity index (χ4n) is 2.90. The van der Waals surface area contributed by atoms with Crippen molar-refractivity contribution in [1.29, 1.82) is 0 Å². The van der Waals surface area contributed by atoms with Crippen molar-refractivity contribution >= 4 is 9.84 Å². The van der Waals surface area contributed by atoms with Crippen LogP contribution in [0.2, 0.25) is 0 Å². The van der Waals surface area contributed by atoms with Crippen LogP contribution in [0, 0.1) is 0 Å². The third-order valence-corrected chi connectivity index (χ3v) is 5.81. The Morgan fingerprint density at radius 1 is 1.35 bits per heavy atom. The molecule has 2 aliphatic rings. The molecule has 2 aliphatic heterocycles. The van der Waals surface area contributed by atoms with Crippen LogP contribution < -0.4 is 5.32 Å². The third kappa shape index (κ3) is 3.93. The Bertz CT molecular complexity index is 336. The van der Waals surface area contributed by atoms with Crippen LogP contribution in [0.3, 0.4) is 0 Å². The van der Waals surface area contributed by atoms with Gasteiger partial charge in [0, 0.05) is 12.1 Å². The minimum atomic E-state index is -2.74. The van der Waals surface area contributed by atoms with E-state index in [9.17, 15) is 8.42 Å². The molecule has 2 fully saturated rings. The van der Waals surface area contributed by atoms with E-state index < -0.39 is 9.84 Å². The topological polar surface area (TPSA) is 49.4 Å². The first-order valence-electron chi connectivity index (χ1n) is 6.71. The molecule has 0 radical (unpaired) electrons. The molecule has 2 saturated heterocycles. The smallest absolute Gasteiger partial charge is 0.151 e. The molecule has 2 heterocycles. The van der Waals surface area contributed by atoms with Crippen LogP contribution in [-0.2, 0) is 9.84 Å². The van der Waals surface area contributed by atoms with Gasteiger partial charge in [-0.15, -0.1) is 0 Å². The Morgan fingerprint density at radius 2 is 2.18 bits per heavy atom. The zero-order valence-corrected chi connectivity index (χ0v) is 11.5. The molecule has 0 aromatic heterocycles. The second-order valence-electron chi connectivity index (χ2n) is 5.47. The molecular weight excluding hydrogens is 236 g/mol. The molecule has 0 aliphatic carbocycles. The summed E-state index contributed by atoms with van der Waals surface area (Å²) in [6, 6.07) is 0.965. The van der Waals surface area contributed by atoms with E-state index in [4.69, 9.17) is 0 Å². The van der Waals surface area contributed by atoms with Gasteiger partial charge in [-0.3, -0.25) is 0 Å². The molecular formula is C12H24N2O2S. The maximum atomic E-state index is 11.4. The summed E-state index contributed by atoms with van der Waals surface area (Å²) in [5.74, 6) is 0.747. The van der Waals surface area contributed by atoms with Crippen LogP contribution in [0.4, 0.5) is 0 Å². The minimum absolute atomic E-state index is 0.261. The largest absolute Gasteiger partial charge is 0.314 e. The molecule has 0 aromatic rings. The van der Waals surface area contributed by atoms with Crippen molar-refractivity contribution in [3.05, 3.63) is 0 Å². The minimum Gasteiger partial charge on any atom is -0.314 e. The lowest BCUT2D eigenvalue weighted by atomic mass is 10.1. The van der Waals surface area contributed by atoms with Crippen LogP contribution in [0.25, 0.3) is 0 Å². The van der Waals surface area contributed by atoms with Crippen LogP contribution in [0.5, 0.6) is 0 Å². The van der Waals surface area contributed by atoms with Crippen molar-refractivity contribution < 1.29 is 8.42 Å². The summed E-state index contributed by atoms with van der Waals surface area (Å²) in [7, 11) is -0.672. The van der Waals surface area contributed by atoms with Gasteiger partial charge in [-0.25, -0.2) is 8.42 Å². The van der Waals surface area contributed by atoms with Gasteiger partial charge in [0.05, 0.1) is 11.5 Å². The molecule has 4 nitrogen and oxygen atoms in total. The molecule has 17 heavy (non-hydrogen) atoms. The Morgan fingerprint density at radius 3 is 2.76 bits per heavy atom. The van der Waals surface area contributed by atoms with Crippen molar-refractivity contribution in [1.82, 2.24) is 10.2 Å². The normalized spacial score (nSPS) is 32.4. The number of hydrogen-bond acceptors (Lipinski definition) is 4. The van der Waals surface area contributed by atoms with Gasteiger partial charge in [-0.05, 0) is 52.2 Å². The van der Waals surface area contributed by atoms with Gasteiger partial charge in [0.1, 0.15) is 0 Å². The summed E-state index contributed by atoms with van der Waals surface area (Å²) in [5.41, 5.74) is 0. The number of sulfone groups is 1. The standard InChI is InChI=1S/C12H24N2O2S/c1-14(12-6-9-17(15,16)10-12)8-3-5-11-4-2-7-13-11/h11-13H,2-10H2,1H3. The zero-order chi connectivity index (χ0) is 12.3. The Kier molecular flexibility index (Phi) is 4.44. The van der Waals surface area contributed by atoms with E-state index in [0.717, 1.165) is 13.0 Å². The number of nitrogens with zero attached hydrogens (tertiary/aromatic N) is 1. The summed E-state index contributed by atoms with van der Waals surface area (Å²) in [5, 5.41) is 3.50. The van der Waals surface area contributed by atoms with Gasteiger partial charge in [0.25, 0.3) is 0 Å². The van der Waals surface area contributed by atoms with Crippen molar-refractivity contribution in [2.24, 2.45) is 0 Å². The highest BCUT2D eigenvalue weighted by atomic mass is 32.2. The maximum Gasteiger partial charge on any atom is 0.151 e. The summed E-state index contributed by atoms with van der Waals surface area (Å²) in [4.78, 5) is 2.24.